The van der Waals surface area contributed by atoms with E-state index in [1.54, 1.807) is 18.2 Å². The summed E-state index contributed by atoms with van der Waals surface area (Å²) >= 11 is 5.80. The molecule has 1 aliphatic rings. The molecule has 12 heteroatoms. The van der Waals surface area contributed by atoms with Crippen LogP contribution in [-0.4, -0.2) is 54.8 Å². The highest BCUT2D eigenvalue weighted by Gasteiger charge is 2.29. The predicted octanol–water partition coefficient (Wildman–Crippen LogP) is 2.57. The van der Waals surface area contributed by atoms with Crippen LogP contribution in [0.1, 0.15) is 10.4 Å². The van der Waals surface area contributed by atoms with Crippen LogP contribution in [0.2, 0.25) is 5.02 Å². The second-order valence-electron chi connectivity index (χ2n) is 6.10. The van der Waals surface area contributed by atoms with Crippen molar-refractivity contribution in [1.82, 2.24) is 10.3 Å². The van der Waals surface area contributed by atoms with E-state index in [-0.39, 0.29) is 30.5 Å². The quantitative estimate of drug-likeness (QED) is 0.640. The Balaban J connectivity index is 1.45. The van der Waals surface area contributed by atoms with Gasteiger partial charge in [0.25, 0.3) is 5.91 Å². The fourth-order valence-corrected chi connectivity index (χ4v) is 2.56. The first-order chi connectivity index (χ1) is 14.2. The Bertz CT molecular complexity index is 912. The van der Waals surface area contributed by atoms with Crippen LogP contribution < -0.4 is 24.3 Å². The number of amides is 1. The van der Waals surface area contributed by atoms with Crippen molar-refractivity contribution in [1.29, 1.82) is 0 Å². The van der Waals surface area contributed by atoms with E-state index in [1.807, 2.05) is 0 Å². The Morgan fingerprint density at radius 1 is 1.27 bits per heavy atom. The second-order valence-corrected chi connectivity index (χ2v) is 6.51. The van der Waals surface area contributed by atoms with Gasteiger partial charge in [-0.1, -0.05) is 11.6 Å². The normalized spacial score (nSPS) is 13.6. The zero-order chi connectivity index (χ0) is 21.7. The summed E-state index contributed by atoms with van der Waals surface area (Å²) in [5.41, 5.74) is -0.0109. The summed E-state index contributed by atoms with van der Waals surface area (Å²) in [6.07, 6.45) is -4.56. The number of aliphatic hydroxyl groups is 1. The highest BCUT2D eigenvalue weighted by atomic mass is 35.5. The zero-order valence-electron chi connectivity index (χ0n) is 15.2. The Kier molecular flexibility index (Phi) is 6.73. The third-order valence-electron chi connectivity index (χ3n) is 3.73. The third-order valence-corrected chi connectivity index (χ3v) is 4.00. The van der Waals surface area contributed by atoms with Crippen molar-refractivity contribution in [2.75, 3.05) is 26.6 Å². The van der Waals surface area contributed by atoms with Crippen molar-refractivity contribution in [2.24, 2.45) is 0 Å². The Morgan fingerprint density at radius 2 is 2.03 bits per heavy atom. The van der Waals surface area contributed by atoms with Crippen LogP contribution in [0.5, 0.6) is 23.1 Å². The topological polar surface area (TPSA) is 99.1 Å². The molecule has 0 radical (unpaired) electrons. The first-order valence-electron chi connectivity index (χ1n) is 8.55. The summed E-state index contributed by atoms with van der Waals surface area (Å²) < 4.78 is 56.8. The fraction of sp³-hybridized carbons (Fsp3) is 0.333. The molecule has 1 aromatic heterocycles. The SMILES string of the molecule is O=C(NCC(O)COc1ccc2c(c1)OCO2)c1cnc(OCC(F)(F)F)c(Cl)c1. The minimum atomic E-state index is -4.54. The van der Waals surface area contributed by atoms with Crippen LogP contribution in [0.4, 0.5) is 13.2 Å². The summed E-state index contributed by atoms with van der Waals surface area (Å²) in [7, 11) is 0. The van der Waals surface area contributed by atoms with E-state index in [0.717, 1.165) is 12.3 Å². The van der Waals surface area contributed by atoms with Crippen LogP contribution in [0.15, 0.2) is 30.5 Å². The van der Waals surface area contributed by atoms with Gasteiger partial charge in [0.15, 0.2) is 18.1 Å². The molecule has 162 valence electrons. The van der Waals surface area contributed by atoms with Gasteiger partial charge < -0.3 is 29.4 Å². The number of fused-ring (bicyclic) bond motifs is 1. The third kappa shape index (κ3) is 6.04. The molecular formula is C18H16ClF3N2O6. The highest BCUT2D eigenvalue weighted by Crippen LogP contribution is 2.35. The number of ether oxygens (including phenoxy) is 4. The number of rotatable bonds is 8. The number of nitrogens with one attached hydrogen (secondary N) is 1. The van der Waals surface area contributed by atoms with Gasteiger partial charge in [-0.25, -0.2) is 4.98 Å². The number of carbonyl (C=O) groups excluding carboxylic acids is 1. The molecule has 0 spiro atoms. The molecule has 0 fully saturated rings. The number of halogens is 4. The van der Waals surface area contributed by atoms with Crippen molar-refractivity contribution < 1.29 is 42.0 Å². The molecule has 0 aliphatic carbocycles. The second kappa shape index (κ2) is 9.26. The van der Waals surface area contributed by atoms with Crippen LogP contribution in [0.25, 0.3) is 0 Å². The molecule has 1 unspecified atom stereocenters. The van der Waals surface area contributed by atoms with Gasteiger partial charge in [-0.3, -0.25) is 4.79 Å². The van der Waals surface area contributed by atoms with Crippen molar-refractivity contribution in [3.05, 3.63) is 41.0 Å². The van der Waals surface area contributed by atoms with Gasteiger partial charge >= 0.3 is 6.18 Å². The molecule has 8 nitrogen and oxygen atoms in total. The number of benzene rings is 1. The molecule has 1 aliphatic heterocycles. The molecule has 2 aromatic rings. The number of hydrogen-bond acceptors (Lipinski definition) is 7. The Labute approximate surface area is 173 Å². The summed E-state index contributed by atoms with van der Waals surface area (Å²) in [6, 6.07) is 6.05. The van der Waals surface area contributed by atoms with Gasteiger partial charge in [-0.2, -0.15) is 13.2 Å². The fourth-order valence-electron chi connectivity index (χ4n) is 2.34. The number of aromatic nitrogens is 1. The van der Waals surface area contributed by atoms with Crippen molar-refractivity contribution in [2.45, 2.75) is 12.3 Å². The molecule has 0 bridgehead atoms. The van der Waals surface area contributed by atoms with E-state index in [1.165, 1.54) is 0 Å². The minimum absolute atomic E-state index is 0.0109. The van der Waals surface area contributed by atoms with E-state index in [0.29, 0.717) is 17.2 Å². The number of nitrogens with zero attached hydrogens (tertiary/aromatic N) is 1. The number of aliphatic hydroxyl groups excluding tert-OH is 1. The lowest BCUT2D eigenvalue weighted by Gasteiger charge is -2.14. The molecule has 0 saturated carbocycles. The average molecular weight is 449 g/mol. The highest BCUT2D eigenvalue weighted by molar-refractivity contribution is 6.32. The van der Waals surface area contributed by atoms with Gasteiger partial charge in [-0.15, -0.1) is 0 Å². The van der Waals surface area contributed by atoms with Gasteiger partial charge in [-0.05, 0) is 18.2 Å². The Hall–Kier alpha value is -2.92. The molecule has 2 heterocycles. The average Bonchev–Trinajstić information content (AvgIpc) is 3.16. The van der Waals surface area contributed by atoms with E-state index in [2.05, 4.69) is 15.0 Å². The molecule has 1 atom stereocenters. The van der Waals surface area contributed by atoms with Crippen LogP contribution >= 0.6 is 11.6 Å². The van der Waals surface area contributed by atoms with Gasteiger partial charge in [0.05, 0.1) is 5.56 Å². The van der Waals surface area contributed by atoms with Gasteiger partial charge in [0.1, 0.15) is 23.5 Å². The molecule has 0 saturated heterocycles. The molecule has 2 N–H and O–H groups in total. The lowest BCUT2D eigenvalue weighted by atomic mass is 10.2. The van der Waals surface area contributed by atoms with Gasteiger partial charge in [0.2, 0.25) is 12.7 Å². The minimum Gasteiger partial charge on any atom is -0.491 e. The smallest absolute Gasteiger partial charge is 0.422 e. The molecule has 3 rings (SSSR count). The first-order valence-corrected chi connectivity index (χ1v) is 8.93. The maximum atomic E-state index is 12.2. The molecule has 1 amide bonds. The summed E-state index contributed by atoms with van der Waals surface area (Å²) in [4.78, 5) is 15.7. The van der Waals surface area contributed by atoms with E-state index < -0.39 is 30.7 Å². The van der Waals surface area contributed by atoms with Crippen LogP contribution in [0, 0.1) is 0 Å². The van der Waals surface area contributed by atoms with E-state index in [9.17, 15) is 23.1 Å². The lowest BCUT2D eigenvalue weighted by molar-refractivity contribution is -0.154. The van der Waals surface area contributed by atoms with Gasteiger partial charge in [0, 0.05) is 18.8 Å². The summed E-state index contributed by atoms with van der Waals surface area (Å²) in [5, 5.41) is 12.2. The van der Waals surface area contributed by atoms with Crippen molar-refractivity contribution in [3.8, 4) is 23.1 Å². The summed E-state index contributed by atoms with van der Waals surface area (Å²) in [6.45, 7) is -1.68. The monoisotopic (exact) mass is 448 g/mol. The van der Waals surface area contributed by atoms with Crippen LogP contribution in [-0.2, 0) is 0 Å². The lowest BCUT2D eigenvalue weighted by Crippen LogP contribution is -2.35. The number of hydrogen-bond donors (Lipinski definition) is 2. The number of pyridine rings is 1. The van der Waals surface area contributed by atoms with E-state index >= 15 is 0 Å². The zero-order valence-corrected chi connectivity index (χ0v) is 16.0. The number of carbonyl (C=O) groups is 1. The van der Waals surface area contributed by atoms with Crippen molar-refractivity contribution >= 4 is 17.5 Å². The maximum absolute atomic E-state index is 12.2. The van der Waals surface area contributed by atoms with Crippen LogP contribution in [0.3, 0.4) is 0 Å². The molecule has 30 heavy (non-hydrogen) atoms. The Morgan fingerprint density at radius 3 is 2.77 bits per heavy atom. The molecular weight excluding hydrogens is 433 g/mol. The summed E-state index contributed by atoms with van der Waals surface area (Å²) in [5.74, 6) is 0.506. The maximum Gasteiger partial charge on any atom is 0.422 e. The van der Waals surface area contributed by atoms with E-state index in [4.69, 9.17) is 25.8 Å². The largest absolute Gasteiger partial charge is 0.491 e. The molecule has 1 aromatic carbocycles. The van der Waals surface area contributed by atoms with Crippen molar-refractivity contribution in [3.63, 3.8) is 0 Å². The number of alkyl halides is 3. The standard InChI is InChI=1S/C18H16ClF3N2O6/c19-13-3-10(5-24-17(13)28-8-18(20,21)22)16(26)23-6-11(25)7-27-12-1-2-14-15(4-12)30-9-29-14/h1-5,11,25H,6-9H2,(H,23,26). The first kappa shape index (κ1) is 21.8. The predicted molar refractivity (Wildman–Crippen MR) is 97.2 cm³/mol.